The largest absolute Gasteiger partial charge is 0.352 e. The maximum absolute atomic E-state index is 12.2. The number of aromatic nitrogens is 2. The third kappa shape index (κ3) is 4.06. The van der Waals surface area contributed by atoms with Crippen LogP contribution in [-0.2, 0) is 11.3 Å². The standard InChI is InChI=1S/C18H21N3O2/c22-17(20-15-9-5-2-6-10-15)12-21-13-19-16(11-18(21)23)14-7-3-1-4-8-14/h1,3-4,7-8,11,13,15H,2,5-6,9-10,12H2,(H,20,22). The number of carbonyl (C=O) groups excluding carboxylic acids is 1. The van der Waals surface area contributed by atoms with Crippen molar-refractivity contribution < 1.29 is 4.79 Å². The Morgan fingerprint density at radius 1 is 1.17 bits per heavy atom. The predicted octanol–water partition coefficient (Wildman–Crippen LogP) is 2.36. The van der Waals surface area contributed by atoms with Crippen LogP contribution in [0.4, 0.5) is 0 Å². The van der Waals surface area contributed by atoms with Gasteiger partial charge in [-0.15, -0.1) is 0 Å². The molecule has 0 unspecified atom stereocenters. The lowest BCUT2D eigenvalue weighted by atomic mass is 9.95. The van der Waals surface area contributed by atoms with Gasteiger partial charge in [0, 0.05) is 17.7 Å². The van der Waals surface area contributed by atoms with Gasteiger partial charge in [0.25, 0.3) is 5.56 Å². The summed E-state index contributed by atoms with van der Waals surface area (Å²) in [6, 6.07) is 11.3. The molecule has 1 aliphatic carbocycles. The molecule has 1 amide bonds. The van der Waals surface area contributed by atoms with Crippen LogP contribution in [0, 0.1) is 0 Å². The fraction of sp³-hybridized carbons (Fsp3) is 0.389. The third-order valence-electron chi connectivity index (χ3n) is 4.23. The van der Waals surface area contributed by atoms with E-state index in [0.29, 0.717) is 5.69 Å². The van der Waals surface area contributed by atoms with Gasteiger partial charge in [0.05, 0.1) is 12.0 Å². The average Bonchev–Trinajstić information content (AvgIpc) is 2.58. The zero-order valence-corrected chi connectivity index (χ0v) is 13.1. The Bertz CT molecular complexity index is 719. The first-order valence-corrected chi connectivity index (χ1v) is 8.13. The number of carbonyl (C=O) groups is 1. The molecule has 3 rings (SSSR count). The van der Waals surface area contributed by atoms with E-state index in [2.05, 4.69) is 10.3 Å². The van der Waals surface area contributed by atoms with E-state index in [4.69, 9.17) is 0 Å². The minimum absolute atomic E-state index is 0.0252. The summed E-state index contributed by atoms with van der Waals surface area (Å²) in [7, 11) is 0. The molecule has 2 aromatic rings. The molecule has 0 aliphatic heterocycles. The van der Waals surface area contributed by atoms with Crippen LogP contribution in [0.25, 0.3) is 11.3 Å². The van der Waals surface area contributed by atoms with Crippen LogP contribution >= 0.6 is 0 Å². The van der Waals surface area contributed by atoms with E-state index in [0.717, 1.165) is 31.2 Å². The van der Waals surface area contributed by atoms with Gasteiger partial charge in [-0.3, -0.25) is 14.2 Å². The Morgan fingerprint density at radius 3 is 2.61 bits per heavy atom. The summed E-state index contributed by atoms with van der Waals surface area (Å²) in [5, 5.41) is 3.01. The van der Waals surface area contributed by atoms with Crippen molar-refractivity contribution in [2.24, 2.45) is 0 Å². The second-order valence-electron chi connectivity index (χ2n) is 6.01. The Morgan fingerprint density at radius 2 is 1.91 bits per heavy atom. The van der Waals surface area contributed by atoms with Gasteiger partial charge in [0.1, 0.15) is 6.54 Å². The molecule has 1 saturated carbocycles. The Balaban J connectivity index is 1.66. The van der Waals surface area contributed by atoms with Crippen LogP contribution in [0.5, 0.6) is 0 Å². The maximum atomic E-state index is 12.2. The molecule has 1 N–H and O–H groups in total. The molecule has 1 aliphatic rings. The summed E-state index contributed by atoms with van der Waals surface area (Å²) in [5.74, 6) is -0.117. The maximum Gasteiger partial charge on any atom is 0.254 e. The van der Waals surface area contributed by atoms with Crippen LogP contribution < -0.4 is 10.9 Å². The Kier molecular flexibility index (Phi) is 4.86. The van der Waals surface area contributed by atoms with Crippen molar-refractivity contribution in [2.75, 3.05) is 0 Å². The number of hydrogen-bond acceptors (Lipinski definition) is 3. The monoisotopic (exact) mass is 311 g/mol. The summed E-state index contributed by atoms with van der Waals surface area (Å²) < 4.78 is 1.35. The van der Waals surface area contributed by atoms with Crippen molar-refractivity contribution in [3.63, 3.8) is 0 Å². The van der Waals surface area contributed by atoms with E-state index >= 15 is 0 Å². The molecule has 0 spiro atoms. The number of nitrogens with one attached hydrogen (secondary N) is 1. The first-order valence-electron chi connectivity index (χ1n) is 8.13. The van der Waals surface area contributed by atoms with Gasteiger partial charge >= 0.3 is 0 Å². The highest BCUT2D eigenvalue weighted by atomic mass is 16.2. The summed E-state index contributed by atoms with van der Waals surface area (Å²) in [6.07, 6.45) is 7.09. The lowest BCUT2D eigenvalue weighted by molar-refractivity contribution is -0.122. The van der Waals surface area contributed by atoms with Gasteiger partial charge < -0.3 is 5.32 Å². The van der Waals surface area contributed by atoms with Crippen LogP contribution in [-0.4, -0.2) is 21.5 Å². The SMILES string of the molecule is O=C(Cn1cnc(-c2ccccc2)cc1=O)NC1CCCCC1. The second kappa shape index (κ2) is 7.22. The quantitative estimate of drug-likeness (QED) is 0.943. The minimum Gasteiger partial charge on any atom is -0.352 e. The van der Waals surface area contributed by atoms with Crippen LogP contribution in [0.3, 0.4) is 0 Å². The molecule has 1 aromatic carbocycles. The molecular weight excluding hydrogens is 290 g/mol. The number of benzene rings is 1. The van der Waals surface area contributed by atoms with Crippen molar-refractivity contribution in [1.82, 2.24) is 14.9 Å². The van der Waals surface area contributed by atoms with E-state index in [1.807, 2.05) is 30.3 Å². The molecule has 120 valence electrons. The molecule has 1 aromatic heterocycles. The van der Waals surface area contributed by atoms with E-state index in [1.165, 1.54) is 23.4 Å². The zero-order valence-electron chi connectivity index (χ0n) is 13.1. The van der Waals surface area contributed by atoms with E-state index < -0.39 is 0 Å². The Labute approximate surface area is 135 Å². The molecule has 1 fully saturated rings. The highest BCUT2D eigenvalue weighted by Gasteiger charge is 2.16. The number of hydrogen-bond donors (Lipinski definition) is 1. The smallest absolute Gasteiger partial charge is 0.254 e. The second-order valence-corrected chi connectivity index (χ2v) is 6.01. The van der Waals surface area contributed by atoms with Crippen LogP contribution in [0.1, 0.15) is 32.1 Å². The van der Waals surface area contributed by atoms with Crippen molar-refractivity contribution >= 4 is 5.91 Å². The molecule has 0 radical (unpaired) electrons. The topological polar surface area (TPSA) is 64.0 Å². The van der Waals surface area contributed by atoms with Crippen molar-refractivity contribution in [1.29, 1.82) is 0 Å². The molecule has 1 heterocycles. The highest BCUT2D eigenvalue weighted by molar-refractivity contribution is 5.76. The Hall–Kier alpha value is -2.43. The van der Waals surface area contributed by atoms with Gasteiger partial charge in [-0.2, -0.15) is 0 Å². The molecular formula is C18H21N3O2. The summed E-state index contributed by atoms with van der Waals surface area (Å²) in [5.41, 5.74) is 1.31. The molecule has 23 heavy (non-hydrogen) atoms. The van der Waals surface area contributed by atoms with Crippen molar-refractivity contribution in [3.8, 4) is 11.3 Å². The van der Waals surface area contributed by atoms with Crippen molar-refractivity contribution in [2.45, 2.75) is 44.7 Å². The number of rotatable bonds is 4. The van der Waals surface area contributed by atoms with Crippen molar-refractivity contribution in [3.05, 3.63) is 53.1 Å². The number of nitrogens with zero attached hydrogens (tertiary/aromatic N) is 2. The lowest BCUT2D eigenvalue weighted by Crippen LogP contribution is -2.39. The van der Waals surface area contributed by atoms with Crippen LogP contribution in [0.2, 0.25) is 0 Å². The fourth-order valence-corrected chi connectivity index (χ4v) is 2.99. The summed E-state index contributed by atoms with van der Waals surface area (Å²) in [4.78, 5) is 28.6. The highest BCUT2D eigenvalue weighted by Crippen LogP contribution is 2.17. The zero-order chi connectivity index (χ0) is 16.1. The summed E-state index contributed by atoms with van der Waals surface area (Å²) in [6.45, 7) is 0.0252. The number of amides is 1. The van der Waals surface area contributed by atoms with Crippen LogP contribution in [0.15, 0.2) is 47.5 Å². The van der Waals surface area contributed by atoms with Gasteiger partial charge in [-0.25, -0.2) is 4.98 Å². The fourth-order valence-electron chi connectivity index (χ4n) is 2.99. The summed E-state index contributed by atoms with van der Waals surface area (Å²) >= 11 is 0. The van der Waals surface area contributed by atoms with Gasteiger partial charge in [-0.05, 0) is 12.8 Å². The molecule has 0 atom stereocenters. The van der Waals surface area contributed by atoms with E-state index in [1.54, 1.807) is 0 Å². The molecule has 5 nitrogen and oxygen atoms in total. The molecule has 0 saturated heterocycles. The van der Waals surface area contributed by atoms with E-state index in [9.17, 15) is 9.59 Å². The average molecular weight is 311 g/mol. The lowest BCUT2D eigenvalue weighted by Gasteiger charge is -2.22. The van der Waals surface area contributed by atoms with Gasteiger partial charge in [-0.1, -0.05) is 49.6 Å². The first-order chi connectivity index (χ1) is 11.2. The first kappa shape index (κ1) is 15.5. The molecule has 0 bridgehead atoms. The van der Waals surface area contributed by atoms with Gasteiger partial charge in [0.2, 0.25) is 5.91 Å². The van der Waals surface area contributed by atoms with Gasteiger partial charge in [0.15, 0.2) is 0 Å². The normalized spacial score (nSPS) is 15.3. The molecule has 5 heteroatoms. The van der Waals surface area contributed by atoms with E-state index in [-0.39, 0.29) is 24.1 Å². The minimum atomic E-state index is -0.211. The third-order valence-corrected chi connectivity index (χ3v) is 4.23. The predicted molar refractivity (Wildman–Crippen MR) is 88.9 cm³/mol.